The van der Waals surface area contributed by atoms with Crippen molar-refractivity contribution in [2.75, 3.05) is 0 Å². The number of aromatic nitrogens is 3. The van der Waals surface area contributed by atoms with Gasteiger partial charge in [-0.1, -0.05) is 6.07 Å². The van der Waals surface area contributed by atoms with Crippen LogP contribution in [0.25, 0.3) is 11.3 Å². The van der Waals surface area contributed by atoms with Gasteiger partial charge in [0.1, 0.15) is 29.0 Å². The highest BCUT2D eigenvalue weighted by Gasteiger charge is 2.36. The molecule has 0 aliphatic carbocycles. The van der Waals surface area contributed by atoms with Crippen molar-refractivity contribution in [3.8, 4) is 29.1 Å². The minimum atomic E-state index is -4.99. The monoisotopic (exact) mass is 484 g/mol. The second kappa shape index (κ2) is 9.34. The van der Waals surface area contributed by atoms with Crippen LogP contribution in [0.1, 0.15) is 16.7 Å². The van der Waals surface area contributed by atoms with Crippen molar-refractivity contribution in [2.45, 2.75) is 12.7 Å². The van der Waals surface area contributed by atoms with Gasteiger partial charge < -0.3 is 9.30 Å². The molecule has 0 saturated heterocycles. The minimum Gasteiger partial charge on any atom is -0.424 e. The van der Waals surface area contributed by atoms with Gasteiger partial charge in [-0.05, 0) is 48.0 Å². The Bertz CT molecular complexity index is 1480. The summed E-state index contributed by atoms with van der Waals surface area (Å²) in [4.78, 5) is 20.8. The van der Waals surface area contributed by atoms with Crippen LogP contribution in [0.3, 0.4) is 0 Å². The fourth-order valence-electron chi connectivity index (χ4n) is 3.33. The molecule has 0 aliphatic heterocycles. The van der Waals surface area contributed by atoms with Gasteiger partial charge >= 0.3 is 12.2 Å². The van der Waals surface area contributed by atoms with E-state index >= 15 is 0 Å². The summed E-state index contributed by atoms with van der Waals surface area (Å²) in [6, 6.07) is 11.8. The predicted molar refractivity (Wildman–Crippen MR) is 113 cm³/mol. The number of nitrogens with zero attached hydrogens (tertiary/aromatic N) is 4. The maximum absolute atomic E-state index is 14.3. The van der Waals surface area contributed by atoms with E-state index in [4.69, 9.17) is 4.74 Å². The van der Waals surface area contributed by atoms with Crippen LogP contribution < -0.4 is 10.3 Å². The summed E-state index contributed by atoms with van der Waals surface area (Å²) in [6.45, 7) is -0.538. The van der Waals surface area contributed by atoms with Crippen LogP contribution in [-0.4, -0.2) is 14.5 Å². The van der Waals surface area contributed by atoms with Gasteiger partial charge in [0.15, 0.2) is 0 Å². The fourth-order valence-corrected chi connectivity index (χ4v) is 3.33. The van der Waals surface area contributed by atoms with Crippen LogP contribution in [-0.2, 0) is 12.7 Å². The summed E-state index contributed by atoms with van der Waals surface area (Å²) in [5.74, 6) is -1.59. The molecule has 0 bridgehead atoms. The van der Waals surface area contributed by atoms with Gasteiger partial charge in [0.2, 0.25) is 0 Å². The Kier molecular flexibility index (Phi) is 6.29. The van der Waals surface area contributed by atoms with Crippen LogP contribution in [0, 0.1) is 23.0 Å². The zero-order chi connectivity index (χ0) is 25.2. The van der Waals surface area contributed by atoms with Gasteiger partial charge in [0.25, 0.3) is 5.56 Å². The van der Waals surface area contributed by atoms with E-state index in [1.165, 1.54) is 42.7 Å². The van der Waals surface area contributed by atoms with Crippen LogP contribution in [0.15, 0.2) is 71.8 Å². The summed E-state index contributed by atoms with van der Waals surface area (Å²) in [5.41, 5.74) is -4.05. The minimum absolute atomic E-state index is 0.0432. The van der Waals surface area contributed by atoms with Crippen molar-refractivity contribution in [1.29, 1.82) is 5.26 Å². The average Bonchev–Trinajstić information content (AvgIpc) is 2.82. The first-order valence-electron chi connectivity index (χ1n) is 9.91. The Morgan fingerprint density at radius 1 is 1.00 bits per heavy atom. The van der Waals surface area contributed by atoms with Gasteiger partial charge in [0, 0.05) is 24.0 Å². The molecule has 11 heteroatoms. The van der Waals surface area contributed by atoms with Crippen molar-refractivity contribution in [1.82, 2.24) is 14.5 Å². The van der Waals surface area contributed by atoms with Crippen LogP contribution >= 0.6 is 0 Å². The van der Waals surface area contributed by atoms with E-state index in [9.17, 15) is 32.0 Å². The molecular formula is C24H13F5N4O2. The molecule has 2 aromatic carbocycles. The largest absolute Gasteiger partial charge is 0.424 e. The number of rotatable bonds is 5. The first-order chi connectivity index (χ1) is 16.7. The molecule has 0 atom stereocenters. The van der Waals surface area contributed by atoms with Gasteiger partial charge in [-0.2, -0.15) is 18.4 Å². The third kappa shape index (κ3) is 5.01. The standard InChI is InChI=1S/C24H13F5N4O2/c25-16-5-2-15(20(26)10-16)13-33-21(11-19(24(27,28)29)18(12-30)22(33)34)14-3-6-17(7-4-14)35-23-31-8-1-9-32-23/h1-11H,13H2. The Labute approximate surface area is 194 Å². The number of pyridine rings is 1. The van der Waals surface area contributed by atoms with Gasteiger partial charge in [0.05, 0.1) is 17.8 Å². The highest BCUT2D eigenvalue weighted by Crippen LogP contribution is 2.34. The van der Waals surface area contributed by atoms with Gasteiger partial charge in [-0.3, -0.25) is 4.79 Å². The van der Waals surface area contributed by atoms with Crippen LogP contribution in [0.2, 0.25) is 0 Å². The first kappa shape index (κ1) is 23.6. The predicted octanol–water partition coefficient (Wildman–Crippen LogP) is 5.31. The SMILES string of the molecule is N#Cc1c(C(F)(F)F)cc(-c2ccc(Oc3ncccn3)cc2)n(Cc2ccc(F)cc2F)c1=O. The molecule has 0 radical (unpaired) electrons. The molecule has 6 nitrogen and oxygen atoms in total. The quantitative estimate of drug-likeness (QED) is 0.359. The number of ether oxygens (including phenoxy) is 1. The lowest BCUT2D eigenvalue weighted by molar-refractivity contribution is -0.137. The van der Waals surface area contributed by atoms with E-state index in [1.807, 2.05) is 0 Å². The van der Waals surface area contributed by atoms with E-state index in [0.29, 0.717) is 12.1 Å². The number of halogens is 5. The third-order valence-electron chi connectivity index (χ3n) is 4.96. The van der Waals surface area contributed by atoms with E-state index in [-0.39, 0.29) is 28.6 Å². The Balaban J connectivity index is 1.84. The molecule has 2 aromatic heterocycles. The average molecular weight is 484 g/mol. The fraction of sp³-hybridized carbons (Fsp3) is 0.0833. The summed E-state index contributed by atoms with van der Waals surface area (Å²) >= 11 is 0. The van der Waals surface area contributed by atoms with Crippen molar-refractivity contribution < 1.29 is 26.7 Å². The van der Waals surface area contributed by atoms with Crippen molar-refractivity contribution in [3.63, 3.8) is 0 Å². The van der Waals surface area contributed by atoms with Crippen molar-refractivity contribution in [2.24, 2.45) is 0 Å². The van der Waals surface area contributed by atoms with Gasteiger partial charge in [-0.15, -0.1) is 0 Å². The molecule has 0 amide bonds. The zero-order valence-corrected chi connectivity index (χ0v) is 17.6. The van der Waals surface area contributed by atoms with Gasteiger partial charge in [-0.25, -0.2) is 18.7 Å². The number of alkyl halides is 3. The maximum Gasteiger partial charge on any atom is 0.417 e. The Morgan fingerprint density at radius 2 is 1.69 bits per heavy atom. The van der Waals surface area contributed by atoms with E-state index in [1.54, 1.807) is 6.07 Å². The molecule has 0 N–H and O–H groups in total. The van der Waals surface area contributed by atoms with E-state index < -0.39 is 41.0 Å². The lowest BCUT2D eigenvalue weighted by atomic mass is 10.0. The molecule has 2 heterocycles. The molecule has 0 fully saturated rings. The lowest BCUT2D eigenvalue weighted by Crippen LogP contribution is -2.29. The molecular weight excluding hydrogens is 471 g/mol. The summed E-state index contributed by atoms with van der Waals surface area (Å²) in [5, 5.41) is 9.27. The smallest absolute Gasteiger partial charge is 0.417 e. The molecule has 35 heavy (non-hydrogen) atoms. The topological polar surface area (TPSA) is 80.8 Å². The molecule has 0 spiro atoms. The lowest BCUT2D eigenvalue weighted by Gasteiger charge is -2.18. The highest BCUT2D eigenvalue weighted by molar-refractivity contribution is 5.63. The first-order valence-corrected chi connectivity index (χ1v) is 9.91. The maximum atomic E-state index is 14.3. The molecule has 0 unspecified atom stereocenters. The second-order valence-electron chi connectivity index (χ2n) is 7.21. The zero-order valence-electron chi connectivity index (χ0n) is 17.6. The normalized spacial score (nSPS) is 11.2. The second-order valence-corrected chi connectivity index (χ2v) is 7.21. The van der Waals surface area contributed by atoms with E-state index in [0.717, 1.165) is 16.7 Å². The highest BCUT2D eigenvalue weighted by atomic mass is 19.4. The number of hydrogen-bond acceptors (Lipinski definition) is 5. The third-order valence-corrected chi connectivity index (χ3v) is 4.96. The molecule has 4 rings (SSSR count). The number of hydrogen-bond donors (Lipinski definition) is 0. The molecule has 176 valence electrons. The summed E-state index contributed by atoms with van der Waals surface area (Å²) < 4.78 is 74.8. The van der Waals surface area contributed by atoms with Crippen LogP contribution in [0.5, 0.6) is 11.8 Å². The Hall–Kier alpha value is -4.59. The molecule has 0 saturated carbocycles. The molecule has 4 aromatic rings. The van der Waals surface area contributed by atoms with Crippen molar-refractivity contribution >= 4 is 0 Å². The van der Waals surface area contributed by atoms with Crippen molar-refractivity contribution in [3.05, 3.63) is 106 Å². The summed E-state index contributed by atoms with van der Waals surface area (Å²) in [6.07, 6.45) is -2.08. The molecule has 0 aliphatic rings. The number of benzene rings is 2. The Morgan fingerprint density at radius 3 is 2.29 bits per heavy atom. The van der Waals surface area contributed by atoms with E-state index in [2.05, 4.69) is 9.97 Å². The number of nitriles is 1. The van der Waals surface area contributed by atoms with Crippen LogP contribution in [0.4, 0.5) is 22.0 Å². The summed E-state index contributed by atoms with van der Waals surface area (Å²) in [7, 11) is 0.